The van der Waals surface area contributed by atoms with E-state index in [1.54, 1.807) is 0 Å². The minimum absolute atomic E-state index is 0.998. The van der Waals surface area contributed by atoms with E-state index >= 15 is 0 Å². The highest BCUT2D eigenvalue weighted by Gasteiger charge is 2.18. The van der Waals surface area contributed by atoms with Crippen LogP contribution in [0.5, 0.6) is 0 Å². The van der Waals surface area contributed by atoms with Crippen LogP contribution in [0.25, 0.3) is 0 Å². The minimum atomic E-state index is 0.998. The molecule has 3 nitrogen and oxygen atoms in total. The Labute approximate surface area is 120 Å². The predicted molar refractivity (Wildman–Crippen MR) is 84.5 cm³/mol. The van der Waals surface area contributed by atoms with Gasteiger partial charge in [0.2, 0.25) is 0 Å². The van der Waals surface area contributed by atoms with Crippen LogP contribution in [0.2, 0.25) is 0 Å². The molecule has 0 saturated carbocycles. The third-order valence-corrected chi connectivity index (χ3v) is 3.88. The predicted octanol–water partition coefficient (Wildman–Crippen LogP) is 2.97. The van der Waals surface area contributed by atoms with Crippen molar-refractivity contribution < 1.29 is 0 Å². The molecule has 3 rings (SSSR count). The molecule has 0 radical (unpaired) electrons. The summed E-state index contributed by atoms with van der Waals surface area (Å²) in [6, 6.07) is 17.0. The van der Waals surface area contributed by atoms with Gasteiger partial charge < -0.3 is 9.80 Å². The van der Waals surface area contributed by atoms with Crippen LogP contribution in [0.4, 0.5) is 11.5 Å². The number of aryl methyl sites for hydroxylation is 1. The molecule has 1 aromatic heterocycles. The zero-order valence-electron chi connectivity index (χ0n) is 12.0. The van der Waals surface area contributed by atoms with Gasteiger partial charge in [-0.05, 0) is 30.7 Å². The second-order valence-corrected chi connectivity index (χ2v) is 5.15. The Morgan fingerprint density at radius 1 is 0.850 bits per heavy atom. The molecular formula is C17H21N3. The summed E-state index contributed by atoms with van der Waals surface area (Å²) in [5.41, 5.74) is 2.50. The number of benzene rings is 1. The van der Waals surface area contributed by atoms with Crippen molar-refractivity contribution >= 4 is 11.5 Å². The molecule has 0 unspecified atom stereocenters. The summed E-state index contributed by atoms with van der Waals surface area (Å²) in [6.45, 7) is 6.34. The number of pyridine rings is 1. The molecule has 20 heavy (non-hydrogen) atoms. The Bertz CT molecular complexity index is 545. The highest BCUT2D eigenvalue weighted by molar-refractivity contribution is 5.49. The Morgan fingerprint density at radius 3 is 2.25 bits per heavy atom. The first kappa shape index (κ1) is 13.0. The maximum absolute atomic E-state index is 4.72. The third kappa shape index (κ3) is 2.77. The topological polar surface area (TPSA) is 19.4 Å². The van der Waals surface area contributed by atoms with Gasteiger partial charge in [-0.3, -0.25) is 0 Å². The van der Waals surface area contributed by atoms with Gasteiger partial charge in [0.05, 0.1) is 0 Å². The zero-order chi connectivity index (χ0) is 13.8. The average molecular weight is 267 g/mol. The minimum Gasteiger partial charge on any atom is -0.368 e. The van der Waals surface area contributed by atoms with Gasteiger partial charge in [-0.25, -0.2) is 4.98 Å². The number of hydrogen-bond donors (Lipinski definition) is 0. The molecule has 0 bridgehead atoms. The van der Waals surface area contributed by atoms with Crippen molar-refractivity contribution in [3.63, 3.8) is 0 Å². The molecule has 1 saturated heterocycles. The zero-order valence-corrected chi connectivity index (χ0v) is 12.0. The van der Waals surface area contributed by atoms with E-state index in [-0.39, 0.29) is 0 Å². The molecule has 2 aromatic rings. The first-order valence-electron chi connectivity index (χ1n) is 7.37. The third-order valence-electron chi connectivity index (χ3n) is 3.88. The highest BCUT2D eigenvalue weighted by atomic mass is 15.3. The molecule has 3 heteroatoms. The summed E-state index contributed by atoms with van der Waals surface area (Å²) >= 11 is 0. The number of piperazine rings is 1. The lowest BCUT2D eigenvalue weighted by Crippen LogP contribution is -2.46. The maximum Gasteiger partial charge on any atom is 0.128 e. The fourth-order valence-corrected chi connectivity index (χ4v) is 2.67. The second-order valence-electron chi connectivity index (χ2n) is 5.15. The lowest BCUT2D eigenvalue weighted by Gasteiger charge is -2.36. The fourth-order valence-electron chi connectivity index (χ4n) is 2.67. The number of aromatic nitrogens is 1. The number of rotatable bonds is 3. The molecule has 104 valence electrons. The number of para-hydroxylation sites is 1. The average Bonchev–Trinajstić information content (AvgIpc) is 2.56. The molecule has 1 aliphatic rings. The van der Waals surface area contributed by atoms with Crippen LogP contribution < -0.4 is 9.80 Å². The van der Waals surface area contributed by atoms with Gasteiger partial charge in [0, 0.05) is 37.6 Å². The molecule has 0 spiro atoms. The van der Waals surface area contributed by atoms with Crippen molar-refractivity contribution in [2.45, 2.75) is 13.3 Å². The van der Waals surface area contributed by atoms with Crippen LogP contribution in [0.1, 0.15) is 12.6 Å². The van der Waals surface area contributed by atoms with E-state index in [9.17, 15) is 0 Å². The van der Waals surface area contributed by atoms with E-state index in [4.69, 9.17) is 4.98 Å². The molecule has 1 aromatic carbocycles. The number of hydrogen-bond acceptors (Lipinski definition) is 3. The number of anilines is 2. The van der Waals surface area contributed by atoms with E-state index in [1.807, 2.05) is 0 Å². The Morgan fingerprint density at radius 2 is 1.55 bits per heavy atom. The van der Waals surface area contributed by atoms with Gasteiger partial charge >= 0.3 is 0 Å². The molecule has 0 aliphatic carbocycles. The summed E-state index contributed by atoms with van der Waals surface area (Å²) in [6.07, 6.45) is 0.998. The molecule has 1 aliphatic heterocycles. The lowest BCUT2D eigenvalue weighted by molar-refractivity contribution is 0.646. The van der Waals surface area contributed by atoms with Gasteiger partial charge in [0.15, 0.2) is 0 Å². The van der Waals surface area contributed by atoms with E-state index in [2.05, 4.69) is 65.3 Å². The number of nitrogens with zero attached hydrogens (tertiary/aromatic N) is 3. The van der Waals surface area contributed by atoms with Gasteiger partial charge in [-0.1, -0.05) is 31.2 Å². The van der Waals surface area contributed by atoms with Crippen LogP contribution in [-0.4, -0.2) is 31.2 Å². The molecule has 2 heterocycles. The van der Waals surface area contributed by atoms with Crippen LogP contribution >= 0.6 is 0 Å². The van der Waals surface area contributed by atoms with Crippen molar-refractivity contribution in [3.05, 3.63) is 54.2 Å². The fraction of sp³-hybridized carbons (Fsp3) is 0.353. The van der Waals surface area contributed by atoms with E-state index < -0.39 is 0 Å². The smallest absolute Gasteiger partial charge is 0.128 e. The maximum atomic E-state index is 4.72. The van der Waals surface area contributed by atoms with Gasteiger partial charge in [0.25, 0.3) is 0 Å². The van der Waals surface area contributed by atoms with Crippen LogP contribution in [0.3, 0.4) is 0 Å². The Balaban J connectivity index is 1.66. The molecule has 0 atom stereocenters. The van der Waals surface area contributed by atoms with Crippen molar-refractivity contribution in [2.75, 3.05) is 36.0 Å². The monoisotopic (exact) mass is 267 g/mol. The standard InChI is InChI=1S/C17H21N3/c1-2-15-7-6-10-17(18-15)20-13-11-19(12-14-20)16-8-4-3-5-9-16/h3-10H,2,11-14H2,1H3. The van der Waals surface area contributed by atoms with Gasteiger partial charge in [-0.2, -0.15) is 0 Å². The quantitative estimate of drug-likeness (QED) is 0.852. The lowest BCUT2D eigenvalue weighted by atomic mass is 10.2. The van der Waals surface area contributed by atoms with Gasteiger partial charge in [-0.15, -0.1) is 0 Å². The first-order chi connectivity index (χ1) is 9.86. The van der Waals surface area contributed by atoms with Crippen molar-refractivity contribution in [2.24, 2.45) is 0 Å². The van der Waals surface area contributed by atoms with Crippen molar-refractivity contribution in [1.29, 1.82) is 0 Å². The van der Waals surface area contributed by atoms with E-state index in [0.29, 0.717) is 0 Å². The van der Waals surface area contributed by atoms with E-state index in [0.717, 1.165) is 38.4 Å². The van der Waals surface area contributed by atoms with E-state index in [1.165, 1.54) is 11.4 Å². The Hall–Kier alpha value is -2.03. The largest absolute Gasteiger partial charge is 0.368 e. The summed E-state index contributed by atoms with van der Waals surface area (Å²) in [5, 5.41) is 0. The van der Waals surface area contributed by atoms with Crippen LogP contribution in [-0.2, 0) is 6.42 Å². The molecule has 1 fully saturated rings. The summed E-state index contributed by atoms with van der Waals surface area (Å²) < 4.78 is 0. The van der Waals surface area contributed by atoms with Gasteiger partial charge in [0.1, 0.15) is 5.82 Å². The highest BCUT2D eigenvalue weighted by Crippen LogP contribution is 2.19. The van der Waals surface area contributed by atoms with Crippen molar-refractivity contribution in [3.8, 4) is 0 Å². The van der Waals surface area contributed by atoms with Crippen molar-refractivity contribution in [1.82, 2.24) is 4.98 Å². The second kappa shape index (κ2) is 5.95. The molecular weight excluding hydrogens is 246 g/mol. The summed E-state index contributed by atoms with van der Waals surface area (Å²) in [7, 11) is 0. The normalized spacial score (nSPS) is 15.4. The molecule has 0 amide bonds. The molecule has 0 N–H and O–H groups in total. The Kier molecular flexibility index (Phi) is 3.86. The summed E-state index contributed by atoms with van der Waals surface area (Å²) in [4.78, 5) is 9.55. The summed E-state index contributed by atoms with van der Waals surface area (Å²) in [5.74, 6) is 1.12. The SMILES string of the molecule is CCc1cccc(N2CCN(c3ccccc3)CC2)n1. The first-order valence-corrected chi connectivity index (χ1v) is 7.37. The van der Waals surface area contributed by atoms with Crippen LogP contribution in [0.15, 0.2) is 48.5 Å². The van der Waals surface area contributed by atoms with Crippen LogP contribution in [0, 0.1) is 0 Å².